The summed E-state index contributed by atoms with van der Waals surface area (Å²) in [5, 5.41) is 20.3. The minimum absolute atomic E-state index is 0.0127. The van der Waals surface area contributed by atoms with Crippen LogP contribution in [0.2, 0.25) is 0 Å². The SMILES string of the molecule is O=[N+]([O-])C1(Cl)C=CC(c2ccccc2)=C(CO)C1. The fourth-order valence-corrected chi connectivity index (χ4v) is 2.19. The molecule has 4 nitrogen and oxygen atoms in total. The summed E-state index contributed by atoms with van der Waals surface area (Å²) in [6, 6.07) is 9.42. The molecule has 1 aromatic rings. The predicted octanol–water partition coefficient (Wildman–Crippen LogP) is 2.60. The zero-order valence-corrected chi connectivity index (χ0v) is 10.3. The van der Waals surface area contributed by atoms with Crippen LogP contribution in [0.3, 0.4) is 0 Å². The molecule has 0 spiro atoms. The molecule has 0 saturated heterocycles. The standard InChI is InChI=1S/C13H12ClNO3/c14-13(15(17)18)7-6-12(11(8-13)9-16)10-4-2-1-3-5-10/h1-7,16H,8-9H2. The molecule has 0 fully saturated rings. The van der Waals surface area contributed by atoms with Gasteiger partial charge in [0, 0.05) is 11.0 Å². The summed E-state index contributed by atoms with van der Waals surface area (Å²) in [6.45, 7) is -0.239. The molecule has 94 valence electrons. The first kappa shape index (κ1) is 12.8. The molecule has 1 aliphatic rings. The van der Waals surface area contributed by atoms with Crippen molar-refractivity contribution in [1.82, 2.24) is 0 Å². The summed E-state index contributed by atoms with van der Waals surface area (Å²) in [6.07, 6.45) is 3.00. The maximum absolute atomic E-state index is 10.9. The molecule has 0 aromatic heterocycles. The van der Waals surface area contributed by atoms with Gasteiger partial charge in [0.2, 0.25) is 0 Å². The Bertz CT molecular complexity index is 524. The first-order valence-electron chi connectivity index (χ1n) is 5.48. The molecular weight excluding hydrogens is 254 g/mol. The minimum atomic E-state index is -1.64. The van der Waals surface area contributed by atoms with Crippen molar-refractivity contribution in [2.24, 2.45) is 0 Å². The van der Waals surface area contributed by atoms with Crippen LogP contribution in [0.4, 0.5) is 0 Å². The van der Waals surface area contributed by atoms with Crippen molar-refractivity contribution >= 4 is 17.2 Å². The molecule has 1 aromatic carbocycles. The van der Waals surface area contributed by atoms with Crippen molar-refractivity contribution in [3.8, 4) is 0 Å². The number of halogens is 1. The number of hydrogen-bond donors (Lipinski definition) is 1. The fraction of sp³-hybridized carbons (Fsp3) is 0.231. The number of alkyl halides is 1. The van der Waals surface area contributed by atoms with Crippen LogP contribution in [0.5, 0.6) is 0 Å². The number of allylic oxidation sites excluding steroid dienone is 2. The van der Waals surface area contributed by atoms with Crippen molar-refractivity contribution < 1.29 is 10.0 Å². The lowest BCUT2D eigenvalue weighted by molar-refractivity contribution is -0.527. The van der Waals surface area contributed by atoms with Gasteiger partial charge in [-0.15, -0.1) is 0 Å². The molecule has 18 heavy (non-hydrogen) atoms. The number of nitro groups is 1. The van der Waals surface area contributed by atoms with Gasteiger partial charge in [-0.1, -0.05) is 30.3 Å². The van der Waals surface area contributed by atoms with Gasteiger partial charge in [0.25, 0.3) is 0 Å². The largest absolute Gasteiger partial charge is 0.392 e. The summed E-state index contributed by atoms with van der Waals surface area (Å²) < 4.78 is 0. The van der Waals surface area contributed by atoms with Crippen molar-refractivity contribution in [2.45, 2.75) is 11.4 Å². The molecule has 1 unspecified atom stereocenters. The third kappa shape index (κ3) is 2.30. The molecule has 0 heterocycles. The van der Waals surface area contributed by atoms with Gasteiger partial charge in [-0.25, -0.2) is 0 Å². The monoisotopic (exact) mass is 265 g/mol. The Morgan fingerprint density at radius 2 is 2.06 bits per heavy atom. The van der Waals surface area contributed by atoms with E-state index in [9.17, 15) is 15.2 Å². The van der Waals surface area contributed by atoms with Gasteiger partial charge in [-0.05, 0) is 34.4 Å². The molecule has 1 N–H and O–H groups in total. The molecule has 2 rings (SSSR count). The number of nitrogens with zero attached hydrogens (tertiary/aromatic N) is 1. The van der Waals surface area contributed by atoms with E-state index in [-0.39, 0.29) is 13.0 Å². The maximum Gasteiger partial charge on any atom is 0.317 e. The lowest BCUT2D eigenvalue weighted by Crippen LogP contribution is -2.32. The first-order chi connectivity index (χ1) is 8.57. The van der Waals surface area contributed by atoms with Crippen LogP contribution in [0, 0.1) is 10.1 Å². The summed E-state index contributed by atoms with van der Waals surface area (Å²) in [4.78, 5) is 8.72. The van der Waals surface area contributed by atoms with Gasteiger partial charge in [0.05, 0.1) is 13.0 Å². The van der Waals surface area contributed by atoms with Gasteiger partial charge >= 0.3 is 5.00 Å². The second-order valence-corrected chi connectivity index (χ2v) is 4.78. The molecular formula is C13H12ClNO3. The van der Waals surface area contributed by atoms with Crippen LogP contribution in [0.25, 0.3) is 5.57 Å². The van der Waals surface area contributed by atoms with Crippen LogP contribution < -0.4 is 0 Å². The number of benzene rings is 1. The predicted molar refractivity (Wildman–Crippen MR) is 69.8 cm³/mol. The van der Waals surface area contributed by atoms with Gasteiger partial charge in [-0.2, -0.15) is 0 Å². The zero-order valence-electron chi connectivity index (χ0n) is 9.54. The van der Waals surface area contributed by atoms with E-state index in [0.717, 1.165) is 11.1 Å². The van der Waals surface area contributed by atoms with E-state index in [0.29, 0.717) is 5.57 Å². The van der Waals surface area contributed by atoms with Crippen molar-refractivity contribution in [3.63, 3.8) is 0 Å². The van der Waals surface area contributed by atoms with Crippen molar-refractivity contribution in [3.05, 3.63) is 63.7 Å². The fourth-order valence-electron chi connectivity index (χ4n) is 1.97. The van der Waals surface area contributed by atoms with E-state index in [4.69, 9.17) is 11.6 Å². The number of hydrogen-bond acceptors (Lipinski definition) is 3. The molecule has 1 atom stereocenters. The molecule has 0 radical (unpaired) electrons. The highest BCUT2D eigenvalue weighted by atomic mass is 35.5. The Kier molecular flexibility index (Phi) is 3.50. The van der Waals surface area contributed by atoms with E-state index in [1.807, 2.05) is 30.3 Å². The Balaban J connectivity index is 2.41. The van der Waals surface area contributed by atoms with Crippen molar-refractivity contribution in [1.29, 1.82) is 0 Å². The van der Waals surface area contributed by atoms with Crippen LogP contribution in [-0.2, 0) is 0 Å². The molecule has 0 bridgehead atoms. The smallest absolute Gasteiger partial charge is 0.317 e. The Hall–Kier alpha value is -1.65. The van der Waals surface area contributed by atoms with Gasteiger partial charge in [-0.3, -0.25) is 10.1 Å². The Morgan fingerprint density at radius 3 is 2.61 bits per heavy atom. The summed E-state index contributed by atoms with van der Waals surface area (Å²) in [5.74, 6) is 0. The second kappa shape index (κ2) is 4.92. The van der Waals surface area contributed by atoms with Crippen LogP contribution >= 0.6 is 11.6 Å². The van der Waals surface area contributed by atoms with Crippen LogP contribution in [0.15, 0.2) is 48.1 Å². The average molecular weight is 266 g/mol. The van der Waals surface area contributed by atoms with E-state index < -0.39 is 9.92 Å². The van der Waals surface area contributed by atoms with Gasteiger partial charge in [0.1, 0.15) is 0 Å². The van der Waals surface area contributed by atoms with Crippen LogP contribution in [0.1, 0.15) is 12.0 Å². The van der Waals surface area contributed by atoms with Gasteiger partial charge < -0.3 is 5.11 Å². The minimum Gasteiger partial charge on any atom is -0.392 e. The van der Waals surface area contributed by atoms with E-state index in [1.54, 1.807) is 6.08 Å². The summed E-state index contributed by atoms with van der Waals surface area (Å²) >= 11 is 5.91. The summed E-state index contributed by atoms with van der Waals surface area (Å²) in [5.41, 5.74) is 2.30. The third-order valence-corrected chi connectivity index (χ3v) is 3.32. The van der Waals surface area contributed by atoms with E-state index in [1.165, 1.54) is 6.08 Å². The van der Waals surface area contributed by atoms with E-state index in [2.05, 4.69) is 0 Å². The molecule has 0 amide bonds. The highest BCUT2D eigenvalue weighted by molar-refractivity contribution is 6.24. The zero-order chi connectivity index (χ0) is 13.2. The maximum atomic E-state index is 10.9. The van der Waals surface area contributed by atoms with Crippen molar-refractivity contribution in [2.75, 3.05) is 6.61 Å². The Labute approximate surface area is 109 Å². The molecule has 0 saturated carbocycles. The number of rotatable bonds is 3. The van der Waals surface area contributed by atoms with Gasteiger partial charge in [0.15, 0.2) is 0 Å². The molecule has 0 aliphatic heterocycles. The first-order valence-corrected chi connectivity index (χ1v) is 5.85. The lowest BCUT2D eigenvalue weighted by Gasteiger charge is -2.22. The number of aliphatic hydroxyl groups excluding tert-OH is 1. The molecule has 5 heteroatoms. The summed E-state index contributed by atoms with van der Waals surface area (Å²) in [7, 11) is 0. The molecule has 1 aliphatic carbocycles. The topological polar surface area (TPSA) is 63.4 Å². The van der Waals surface area contributed by atoms with Crippen LogP contribution in [-0.4, -0.2) is 21.6 Å². The normalized spacial score (nSPS) is 23.2. The number of aliphatic hydroxyl groups is 1. The third-order valence-electron chi connectivity index (χ3n) is 2.93. The lowest BCUT2D eigenvalue weighted by atomic mass is 9.90. The highest BCUT2D eigenvalue weighted by Crippen LogP contribution is 2.36. The average Bonchev–Trinajstić information content (AvgIpc) is 2.39. The quantitative estimate of drug-likeness (QED) is 0.395. The Morgan fingerprint density at radius 1 is 1.39 bits per heavy atom. The van der Waals surface area contributed by atoms with E-state index >= 15 is 0 Å². The second-order valence-electron chi connectivity index (χ2n) is 4.13. The highest BCUT2D eigenvalue weighted by Gasteiger charge is 2.41.